The van der Waals surface area contributed by atoms with E-state index in [1.165, 1.54) is 0 Å². The van der Waals surface area contributed by atoms with E-state index in [1.807, 2.05) is 11.8 Å². The molecular weight excluding hydrogens is 264 g/mol. The highest BCUT2D eigenvalue weighted by atomic mass is 79.9. The van der Waals surface area contributed by atoms with Gasteiger partial charge in [-0.2, -0.15) is 16.9 Å². The molecule has 76 valence electrons. The molecule has 2 rings (SSSR count). The van der Waals surface area contributed by atoms with Gasteiger partial charge in [0, 0.05) is 23.6 Å². The maximum Gasteiger partial charge on any atom is 0.267 e. The van der Waals surface area contributed by atoms with Gasteiger partial charge in [-0.15, -0.1) is 0 Å². The molecule has 0 saturated carbocycles. The van der Waals surface area contributed by atoms with Gasteiger partial charge < -0.3 is 0 Å². The summed E-state index contributed by atoms with van der Waals surface area (Å²) < 4.78 is 1.55. The number of halogens is 1. The number of alkyl halides is 1. The Bertz CT molecular complexity index is 391. The van der Waals surface area contributed by atoms with Crippen LogP contribution >= 0.6 is 27.7 Å². The van der Waals surface area contributed by atoms with Gasteiger partial charge in [0.1, 0.15) is 0 Å². The summed E-state index contributed by atoms with van der Waals surface area (Å²) >= 11 is 5.18. The lowest BCUT2D eigenvalue weighted by molar-refractivity contribution is 0.602. The second-order valence-corrected chi connectivity index (χ2v) is 5.07. The molecule has 5 heteroatoms. The lowest BCUT2D eigenvalue weighted by Gasteiger charge is -2.15. The van der Waals surface area contributed by atoms with Crippen molar-refractivity contribution in [2.24, 2.45) is 0 Å². The van der Waals surface area contributed by atoms with E-state index in [1.54, 1.807) is 10.7 Å². The van der Waals surface area contributed by atoms with Gasteiger partial charge in [-0.05, 0) is 11.3 Å². The second kappa shape index (κ2) is 4.49. The smallest absolute Gasteiger partial charge is 0.267 e. The Balaban J connectivity index is 2.40. The zero-order valence-corrected chi connectivity index (χ0v) is 10.1. The summed E-state index contributed by atoms with van der Waals surface area (Å²) in [6.45, 7) is 0.652. The molecule has 0 atom stereocenters. The van der Waals surface area contributed by atoms with E-state index in [-0.39, 0.29) is 5.56 Å². The molecule has 0 radical (unpaired) electrons. The van der Waals surface area contributed by atoms with Gasteiger partial charge in [0.2, 0.25) is 0 Å². The number of aromatic nitrogens is 2. The Hall–Kier alpha value is -0.290. The molecule has 0 fully saturated rings. The van der Waals surface area contributed by atoms with Crippen molar-refractivity contribution in [3.05, 3.63) is 27.7 Å². The van der Waals surface area contributed by atoms with Gasteiger partial charge in [-0.3, -0.25) is 4.79 Å². The van der Waals surface area contributed by atoms with Crippen molar-refractivity contribution in [2.45, 2.75) is 18.7 Å². The van der Waals surface area contributed by atoms with Crippen LogP contribution < -0.4 is 5.56 Å². The summed E-state index contributed by atoms with van der Waals surface area (Å²) in [7, 11) is 0. The van der Waals surface area contributed by atoms with Crippen LogP contribution in [0.3, 0.4) is 0 Å². The molecule has 1 aliphatic heterocycles. The van der Waals surface area contributed by atoms with Gasteiger partial charge in [-0.25, -0.2) is 4.68 Å². The molecule has 0 unspecified atom stereocenters. The van der Waals surface area contributed by atoms with Crippen LogP contribution in [0.1, 0.15) is 11.3 Å². The number of hydrogen-bond acceptors (Lipinski definition) is 3. The molecule has 1 aromatic heterocycles. The molecular formula is C9H11BrN2OS. The SMILES string of the molecule is O=c1cc2c(nn1CCBr)CCSC2. The van der Waals surface area contributed by atoms with Crippen molar-refractivity contribution >= 4 is 27.7 Å². The van der Waals surface area contributed by atoms with E-state index in [0.29, 0.717) is 6.54 Å². The third-order valence-corrected chi connectivity index (χ3v) is 3.56. The number of thioether (sulfide) groups is 1. The Morgan fingerprint density at radius 1 is 1.64 bits per heavy atom. The topological polar surface area (TPSA) is 34.9 Å². The fourth-order valence-corrected chi connectivity index (χ4v) is 2.78. The maximum atomic E-state index is 11.6. The van der Waals surface area contributed by atoms with Crippen LogP contribution in [0.4, 0.5) is 0 Å². The highest BCUT2D eigenvalue weighted by Crippen LogP contribution is 2.20. The maximum absolute atomic E-state index is 11.6. The van der Waals surface area contributed by atoms with Crippen LogP contribution in [0.25, 0.3) is 0 Å². The summed E-state index contributed by atoms with van der Waals surface area (Å²) in [5.74, 6) is 2.05. The summed E-state index contributed by atoms with van der Waals surface area (Å²) in [6.07, 6.45) is 0.989. The summed E-state index contributed by atoms with van der Waals surface area (Å²) in [5.41, 5.74) is 2.24. The first kappa shape index (κ1) is 10.2. The van der Waals surface area contributed by atoms with E-state index < -0.39 is 0 Å². The quantitative estimate of drug-likeness (QED) is 0.766. The number of aryl methyl sites for hydroxylation is 2. The summed E-state index contributed by atoms with van der Waals surface area (Å²) in [6, 6.07) is 1.73. The minimum Gasteiger partial charge on any atom is -0.268 e. The standard InChI is InChI=1S/C9H11BrN2OS/c10-2-3-12-9(13)5-7-6-14-4-1-8(7)11-12/h5H,1-4,6H2. The van der Waals surface area contributed by atoms with E-state index in [2.05, 4.69) is 21.0 Å². The lowest BCUT2D eigenvalue weighted by Crippen LogP contribution is -2.26. The third kappa shape index (κ3) is 2.03. The molecule has 3 nitrogen and oxygen atoms in total. The van der Waals surface area contributed by atoms with Gasteiger partial charge in [0.05, 0.1) is 12.2 Å². The first-order valence-corrected chi connectivity index (χ1v) is 6.82. The second-order valence-electron chi connectivity index (χ2n) is 3.17. The van der Waals surface area contributed by atoms with Crippen LogP contribution in [0.5, 0.6) is 0 Å². The molecule has 0 aliphatic carbocycles. The van der Waals surface area contributed by atoms with Gasteiger partial charge in [0.25, 0.3) is 5.56 Å². The van der Waals surface area contributed by atoms with Crippen LogP contribution in [0.15, 0.2) is 10.9 Å². The first-order valence-electron chi connectivity index (χ1n) is 4.55. The van der Waals surface area contributed by atoms with E-state index >= 15 is 0 Å². The molecule has 1 aliphatic rings. The number of rotatable bonds is 2. The molecule has 0 bridgehead atoms. The van der Waals surface area contributed by atoms with Crippen LogP contribution in [0, 0.1) is 0 Å². The van der Waals surface area contributed by atoms with Crippen molar-refractivity contribution in [1.82, 2.24) is 9.78 Å². The first-order chi connectivity index (χ1) is 6.81. The largest absolute Gasteiger partial charge is 0.268 e. The van der Waals surface area contributed by atoms with Gasteiger partial charge in [0.15, 0.2) is 0 Å². The van der Waals surface area contributed by atoms with Crippen molar-refractivity contribution in [1.29, 1.82) is 0 Å². The Morgan fingerprint density at radius 3 is 3.29 bits per heavy atom. The molecule has 0 aromatic carbocycles. The molecule has 0 N–H and O–H groups in total. The van der Waals surface area contributed by atoms with Gasteiger partial charge >= 0.3 is 0 Å². The summed E-state index contributed by atoms with van der Waals surface area (Å²) in [4.78, 5) is 11.6. The Labute approximate surface area is 95.0 Å². The minimum absolute atomic E-state index is 0.0192. The van der Waals surface area contributed by atoms with E-state index in [4.69, 9.17) is 0 Å². The van der Waals surface area contributed by atoms with Crippen molar-refractivity contribution in [2.75, 3.05) is 11.1 Å². The fourth-order valence-electron chi connectivity index (χ4n) is 1.49. The molecule has 0 saturated heterocycles. The van der Waals surface area contributed by atoms with Crippen molar-refractivity contribution in [3.63, 3.8) is 0 Å². The zero-order chi connectivity index (χ0) is 9.97. The number of hydrogen-bond donors (Lipinski definition) is 0. The highest BCUT2D eigenvalue weighted by Gasteiger charge is 2.12. The van der Waals surface area contributed by atoms with Crippen molar-refractivity contribution < 1.29 is 0 Å². The lowest BCUT2D eigenvalue weighted by atomic mass is 10.2. The number of nitrogens with zero attached hydrogens (tertiary/aromatic N) is 2. The van der Waals surface area contributed by atoms with Crippen LogP contribution in [-0.4, -0.2) is 20.9 Å². The molecule has 2 heterocycles. The third-order valence-electron chi connectivity index (χ3n) is 2.20. The monoisotopic (exact) mass is 274 g/mol. The normalized spacial score (nSPS) is 15.2. The van der Waals surface area contributed by atoms with E-state index in [0.717, 1.165) is 34.5 Å². The number of fused-ring (bicyclic) bond motifs is 1. The Kier molecular flexibility index (Phi) is 3.28. The average Bonchev–Trinajstić information content (AvgIpc) is 2.19. The van der Waals surface area contributed by atoms with Crippen LogP contribution in [0.2, 0.25) is 0 Å². The fraction of sp³-hybridized carbons (Fsp3) is 0.556. The predicted molar refractivity (Wildman–Crippen MR) is 62.2 cm³/mol. The van der Waals surface area contributed by atoms with Gasteiger partial charge in [-0.1, -0.05) is 15.9 Å². The Morgan fingerprint density at radius 2 is 2.50 bits per heavy atom. The van der Waals surface area contributed by atoms with Crippen LogP contribution in [-0.2, 0) is 18.7 Å². The molecule has 14 heavy (non-hydrogen) atoms. The highest BCUT2D eigenvalue weighted by molar-refractivity contribution is 9.09. The molecule has 1 aromatic rings. The van der Waals surface area contributed by atoms with Crippen molar-refractivity contribution in [3.8, 4) is 0 Å². The van der Waals surface area contributed by atoms with E-state index in [9.17, 15) is 4.79 Å². The predicted octanol–water partition coefficient (Wildman–Crippen LogP) is 1.43. The summed E-state index contributed by atoms with van der Waals surface area (Å²) in [5, 5.41) is 5.13. The molecule has 0 amide bonds. The average molecular weight is 275 g/mol. The zero-order valence-electron chi connectivity index (χ0n) is 7.70. The minimum atomic E-state index is 0.0192. The molecule has 0 spiro atoms.